The van der Waals surface area contributed by atoms with Crippen molar-refractivity contribution >= 4 is 44.3 Å². The molecule has 130 valence electrons. The van der Waals surface area contributed by atoms with Gasteiger partial charge in [0.1, 0.15) is 6.61 Å². The molecule has 1 aromatic carbocycles. The van der Waals surface area contributed by atoms with Crippen LogP contribution in [0.4, 0.5) is 5.13 Å². The van der Waals surface area contributed by atoms with E-state index in [0.29, 0.717) is 16.6 Å². The van der Waals surface area contributed by atoms with E-state index in [1.165, 1.54) is 18.4 Å². The Bertz CT molecular complexity index is 819. The summed E-state index contributed by atoms with van der Waals surface area (Å²) in [5, 5.41) is 3.59. The number of benzene rings is 1. The first-order chi connectivity index (χ1) is 11.3. The number of carbonyl (C=O) groups is 1. The maximum atomic E-state index is 11.7. The first-order valence-corrected chi connectivity index (χ1v) is 9.48. The van der Waals surface area contributed by atoms with Crippen molar-refractivity contribution in [3.05, 3.63) is 45.4 Å². The van der Waals surface area contributed by atoms with Gasteiger partial charge in [-0.3, -0.25) is 10.1 Å². The number of halogens is 1. The Balaban J connectivity index is 1.98. The minimum atomic E-state index is -3.89. The van der Waals surface area contributed by atoms with Crippen LogP contribution in [0.3, 0.4) is 0 Å². The lowest BCUT2D eigenvalue weighted by Gasteiger charge is -2.03. The fraction of sp³-hybridized carbons (Fsp3) is 0.286. The zero-order chi connectivity index (χ0) is 17.7. The van der Waals surface area contributed by atoms with Crippen molar-refractivity contribution in [3.8, 4) is 0 Å². The van der Waals surface area contributed by atoms with Gasteiger partial charge in [-0.2, -0.15) is 13.1 Å². The topological polar surface area (TPSA) is 97.4 Å². The van der Waals surface area contributed by atoms with Crippen molar-refractivity contribution in [2.45, 2.75) is 13.3 Å². The molecule has 0 bridgehead atoms. The second-order valence-electron chi connectivity index (χ2n) is 4.80. The molecule has 1 aromatic heterocycles. The van der Waals surface area contributed by atoms with Crippen LogP contribution in [0.1, 0.15) is 16.1 Å². The summed E-state index contributed by atoms with van der Waals surface area (Å²) in [5.74, 6) is -0.597. The van der Waals surface area contributed by atoms with E-state index in [2.05, 4.69) is 14.5 Å². The molecule has 0 unspecified atom stereocenters. The molecule has 0 atom stereocenters. The van der Waals surface area contributed by atoms with Crippen LogP contribution in [0, 0.1) is 6.92 Å². The molecule has 0 spiro atoms. The van der Waals surface area contributed by atoms with E-state index in [-0.39, 0.29) is 0 Å². The summed E-state index contributed by atoms with van der Waals surface area (Å²) in [6.45, 7) is 1.23. The van der Waals surface area contributed by atoms with Gasteiger partial charge in [0.15, 0.2) is 5.13 Å². The van der Waals surface area contributed by atoms with Crippen LogP contribution in [-0.2, 0) is 25.7 Å². The average Bonchev–Trinajstić information content (AvgIpc) is 2.87. The van der Waals surface area contributed by atoms with E-state index in [1.807, 2.05) is 35.9 Å². The van der Waals surface area contributed by atoms with Gasteiger partial charge >= 0.3 is 10.3 Å². The van der Waals surface area contributed by atoms with Crippen LogP contribution in [-0.4, -0.2) is 33.0 Å². The average molecular weight is 390 g/mol. The fourth-order valence-corrected chi connectivity index (χ4v) is 3.30. The molecule has 7 nitrogen and oxygen atoms in total. The minimum Gasteiger partial charge on any atom is -0.300 e. The predicted octanol–water partition coefficient (Wildman–Crippen LogP) is 2.12. The molecule has 0 saturated carbocycles. The zero-order valence-corrected chi connectivity index (χ0v) is 15.4. The SMILES string of the molecule is CNS(=O)(=O)OCC(=O)Nc1nc(C)c(Cc2ccc(Cl)cc2)s1. The fourth-order valence-electron chi connectivity index (χ4n) is 1.78. The van der Waals surface area contributed by atoms with Crippen LogP contribution in [0.5, 0.6) is 0 Å². The molecule has 0 aliphatic carbocycles. The molecule has 1 heterocycles. The molecular weight excluding hydrogens is 374 g/mol. The maximum absolute atomic E-state index is 11.7. The molecule has 0 saturated heterocycles. The number of aromatic nitrogens is 1. The smallest absolute Gasteiger partial charge is 0.300 e. The van der Waals surface area contributed by atoms with Gasteiger partial charge in [-0.15, -0.1) is 11.3 Å². The van der Waals surface area contributed by atoms with Gasteiger partial charge in [-0.05, 0) is 24.6 Å². The summed E-state index contributed by atoms with van der Waals surface area (Å²) in [5.41, 5.74) is 1.88. The summed E-state index contributed by atoms with van der Waals surface area (Å²) < 4.78 is 28.6. The number of hydrogen-bond donors (Lipinski definition) is 2. The second kappa shape index (κ2) is 8.04. The number of anilines is 1. The van der Waals surface area contributed by atoms with Crippen molar-refractivity contribution < 1.29 is 17.4 Å². The highest BCUT2D eigenvalue weighted by atomic mass is 35.5. The molecule has 0 aliphatic heterocycles. The standard InChI is InChI=1S/C14H16ClN3O4S2/c1-9-12(7-10-3-5-11(15)6-4-10)23-14(17-9)18-13(19)8-22-24(20,21)16-2/h3-6,16H,7-8H2,1-2H3,(H,17,18,19). The number of nitrogens with zero attached hydrogens (tertiary/aromatic N) is 1. The lowest BCUT2D eigenvalue weighted by Crippen LogP contribution is -2.27. The van der Waals surface area contributed by atoms with Gasteiger partial charge in [0.05, 0.1) is 5.69 Å². The van der Waals surface area contributed by atoms with E-state index in [4.69, 9.17) is 11.6 Å². The van der Waals surface area contributed by atoms with Crippen LogP contribution in [0.15, 0.2) is 24.3 Å². The molecule has 0 fully saturated rings. The van der Waals surface area contributed by atoms with Gasteiger partial charge in [-0.1, -0.05) is 23.7 Å². The third kappa shape index (κ3) is 5.53. The number of carbonyl (C=O) groups excluding carboxylic acids is 1. The van der Waals surface area contributed by atoms with Crippen molar-refractivity contribution in [2.24, 2.45) is 0 Å². The normalized spacial score (nSPS) is 11.5. The molecule has 2 aromatic rings. The van der Waals surface area contributed by atoms with Gasteiger partial charge in [0, 0.05) is 23.4 Å². The Labute approximate surface area is 149 Å². The quantitative estimate of drug-likeness (QED) is 0.755. The molecule has 1 amide bonds. The molecule has 2 rings (SSSR count). The molecule has 24 heavy (non-hydrogen) atoms. The first kappa shape index (κ1) is 18.8. The third-order valence-corrected chi connectivity index (χ3v) is 5.27. The number of hydrogen-bond acceptors (Lipinski definition) is 6. The zero-order valence-electron chi connectivity index (χ0n) is 13.0. The summed E-state index contributed by atoms with van der Waals surface area (Å²) in [7, 11) is -2.70. The summed E-state index contributed by atoms with van der Waals surface area (Å²) in [4.78, 5) is 17.0. The number of amides is 1. The van der Waals surface area contributed by atoms with Gasteiger partial charge < -0.3 is 0 Å². The lowest BCUT2D eigenvalue weighted by molar-refractivity contribution is -0.118. The molecular formula is C14H16ClN3O4S2. The van der Waals surface area contributed by atoms with E-state index < -0.39 is 22.8 Å². The van der Waals surface area contributed by atoms with Crippen LogP contribution in [0.2, 0.25) is 5.02 Å². The highest BCUT2D eigenvalue weighted by Gasteiger charge is 2.14. The first-order valence-electron chi connectivity index (χ1n) is 6.87. The Hall–Kier alpha value is -1.52. The predicted molar refractivity (Wildman–Crippen MR) is 93.7 cm³/mol. The highest BCUT2D eigenvalue weighted by molar-refractivity contribution is 7.84. The van der Waals surface area contributed by atoms with E-state index >= 15 is 0 Å². The van der Waals surface area contributed by atoms with Crippen LogP contribution in [0.25, 0.3) is 0 Å². The Kier molecular flexibility index (Phi) is 6.30. The van der Waals surface area contributed by atoms with Crippen molar-refractivity contribution in [1.82, 2.24) is 9.71 Å². The van der Waals surface area contributed by atoms with Gasteiger partial charge in [-0.25, -0.2) is 9.17 Å². The van der Waals surface area contributed by atoms with E-state index in [0.717, 1.165) is 16.1 Å². The number of aryl methyl sites for hydroxylation is 1. The number of rotatable bonds is 7. The number of nitrogens with one attached hydrogen (secondary N) is 2. The van der Waals surface area contributed by atoms with E-state index in [9.17, 15) is 13.2 Å². The van der Waals surface area contributed by atoms with Crippen LogP contribution >= 0.6 is 22.9 Å². The second-order valence-corrected chi connectivity index (χ2v) is 7.87. The maximum Gasteiger partial charge on any atom is 0.336 e. The van der Waals surface area contributed by atoms with Crippen molar-refractivity contribution in [1.29, 1.82) is 0 Å². The Morgan fingerprint density at radius 1 is 1.33 bits per heavy atom. The molecule has 2 N–H and O–H groups in total. The van der Waals surface area contributed by atoms with Crippen molar-refractivity contribution in [2.75, 3.05) is 19.0 Å². The Morgan fingerprint density at radius 2 is 2.00 bits per heavy atom. The Morgan fingerprint density at radius 3 is 2.62 bits per heavy atom. The largest absolute Gasteiger partial charge is 0.336 e. The molecule has 0 radical (unpaired) electrons. The molecule has 0 aliphatic rings. The summed E-state index contributed by atoms with van der Waals surface area (Å²) in [6, 6.07) is 7.48. The van der Waals surface area contributed by atoms with Crippen molar-refractivity contribution in [3.63, 3.8) is 0 Å². The monoisotopic (exact) mass is 389 g/mol. The lowest BCUT2D eigenvalue weighted by atomic mass is 10.1. The van der Waals surface area contributed by atoms with Crippen LogP contribution < -0.4 is 10.0 Å². The minimum absolute atomic E-state index is 0.395. The number of thiazole rings is 1. The summed E-state index contributed by atoms with van der Waals surface area (Å²) >= 11 is 7.19. The highest BCUT2D eigenvalue weighted by Crippen LogP contribution is 2.25. The third-order valence-electron chi connectivity index (χ3n) is 3.01. The van der Waals surface area contributed by atoms with Gasteiger partial charge in [0.2, 0.25) is 0 Å². The van der Waals surface area contributed by atoms with Gasteiger partial charge in [0.25, 0.3) is 5.91 Å². The van der Waals surface area contributed by atoms with E-state index in [1.54, 1.807) is 0 Å². The molecule has 10 heteroatoms. The summed E-state index contributed by atoms with van der Waals surface area (Å²) in [6.07, 6.45) is 0.668.